The number of ether oxygens (including phenoxy) is 3. The van der Waals surface area contributed by atoms with Crippen LogP contribution in [-0.4, -0.2) is 42.5 Å². The van der Waals surface area contributed by atoms with Crippen molar-refractivity contribution in [1.82, 2.24) is 5.32 Å². The fourth-order valence-electron chi connectivity index (χ4n) is 2.08. The molecule has 4 N–H and O–H groups in total. The largest absolute Gasteiger partial charge is 0.467 e. The molecule has 1 rings (SSSR count). The Morgan fingerprint density at radius 1 is 1.07 bits per heavy atom. The average molecular weight is 381 g/mol. The van der Waals surface area contributed by atoms with Gasteiger partial charge in [-0.15, -0.1) is 0 Å². The summed E-state index contributed by atoms with van der Waals surface area (Å²) in [5.41, 5.74) is 3.35. The van der Waals surface area contributed by atoms with Crippen LogP contribution in [0, 0.1) is 0 Å². The van der Waals surface area contributed by atoms with Crippen molar-refractivity contribution in [2.45, 2.75) is 45.7 Å². The lowest BCUT2D eigenvalue weighted by Crippen LogP contribution is -2.76. The first kappa shape index (κ1) is 22.1. The predicted octanol–water partition coefficient (Wildman–Crippen LogP) is -0.242. The molecule has 0 saturated heterocycles. The summed E-state index contributed by atoms with van der Waals surface area (Å²) < 4.78 is 14.8. The van der Waals surface area contributed by atoms with Crippen molar-refractivity contribution in [3.8, 4) is 11.5 Å². The number of carbonyl (C=O) groups excluding carboxylic acids is 4. The maximum atomic E-state index is 12.2. The molecule has 0 bridgehead atoms. The van der Waals surface area contributed by atoms with Crippen LogP contribution in [0.5, 0.6) is 11.5 Å². The number of hydrogen-bond acceptors (Lipinski definition) is 7. The van der Waals surface area contributed by atoms with Gasteiger partial charge in [0.05, 0.1) is 7.11 Å². The van der Waals surface area contributed by atoms with Gasteiger partial charge in [0.2, 0.25) is 0 Å². The Bertz CT molecular complexity index is 738. The quantitative estimate of drug-likeness (QED) is 0.491. The molecule has 9 nitrogen and oxygen atoms in total. The molecule has 0 heterocycles. The van der Waals surface area contributed by atoms with E-state index in [0.717, 1.165) is 0 Å². The molecule has 0 saturated carbocycles. The van der Waals surface area contributed by atoms with Gasteiger partial charge in [0.25, 0.3) is 5.91 Å². The van der Waals surface area contributed by atoms with E-state index >= 15 is 0 Å². The molecule has 0 spiro atoms. The van der Waals surface area contributed by atoms with Gasteiger partial charge in [-0.25, -0.2) is 4.79 Å². The number of esters is 3. The van der Waals surface area contributed by atoms with E-state index in [1.165, 1.54) is 33.1 Å². The van der Waals surface area contributed by atoms with Crippen molar-refractivity contribution in [2.75, 3.05) is 7.11 Å². The zero-order chi connectivity index (χ0) is 20.8. The van der Waals surface area contributed by atoms with Crippen LogP contribution in [0.3, 0.4) is 0 Å². The van der Waals surface area contributed by atoms with Crippen molar-refractivity contribution in [3.63, 3.8) is 0 Å². The van der Waals surface area contributed by atoms with E-state index in [-0.39, 0.29) is 17.9 Å². The summed E-state index contributed by atoms with van der Waals surface area (Å²) >= 11 is 0. The van der Waals surface area contributed by atoms with Crippen molar-refractivity contribution in [3.05, 3.63) is 23.8 Å². The third kappa shape index (κ3) is 7.06. The first-order chi connectivity index (χ1) is 12.4. The van der Waals surface area contributed by atoms with E-state index in [1.807, 2.05) is 0 Å². The standard InChI is InChI=1S/C18H24N2O7/c1-10(21)26-14-7-6-12(9-15(14)27-11(2)22)8-13(16(23)25-5)20-17(24)18(3,4)19/h6-7,9,13H,8,19H2,1-5H3,(H,20,24)/p+1/t13-/m0/s1. The molecule has 9 heteroatoms. The van der Waals surface area contributed by atoms with Gasteiger partial charge >= 0.3 is 17.9 Å². The molecule has 0 aliphatic rings. The van der Waals surface area contributed by atoms with Crippen LogP contribution in [0.2, 0.25) is 0 Å². The Morgan fingerprint density at radius 2 is 1.63 bits per heavy atom. The number of rotatable bonds is 7. The monoisotopic (exact) mass is 381 g/mol. The van der Waals surface area contributed by atoms with Gasteiger partial charge in [-0.2, -0.15) is 0 Å². The van der Waals surface area contributed by atoms with Crippen LogP contribution in [0.25, 0.3) is 0 Å². The van der Waals surface area contributed by atoms with Crippen LogP contribution in [0.15, 0.2) is 18.2 Å². The number of benzene rings is 1. The number of hydrogen-bond donors (Lipinski definition) is 2. The molecule has 0 fully saturated rings. The SMILES string of the molecule is COC(=O)[C@H](Cc1ccc(OC(C)=O)c(OC(C)=O)c1)NC(=O)C(C)(C)[NH3+]. The molecule has 1 amide bonds. The molecular weight excluding hydrogens is 356 g/mol. The molecule has 27 heavy (non-hydrogen) atoms. The zero-order valence-corrected chi connectivity index (χ0v) is 16.1. The van der Waals surface area contributed by atoms with Crippen molar-refractivity contribution in [2.24, 2.45) is 0 Å². The van der Waals surface area contributed by atoms with Gasteiger partial charge in [0.15, 0.2) is 17.0 Å². The Labute approximate surface area is 157 Å². The van der Waals surface area contributed by atoms with Gasteiger partial charge in [-0.05, 0) is 31.5 Å². The van der Waals surface area contributed by atoms with Crippen molar-refractivity contribution >= 4 is 23.8 Å². The first-order valence-electron chi connectivity index (χ1n) is 8.18. The summed E-state index contributed by atoms with van der Waals surface area (Å²) in [7, 11) is 1.21. The minimum absolute atomic E-state index is 0.0302. The number of nitrogens with one attached hydrogen (secondary N) is 1. The van der Waals surface area contributed by atoms with Gasteiger partial charge < -0.3 is 25.3 Å². The first-order valence-corrected chi connectivity index (χ1v) is 8.18. The number of methoxy groups -OCH3 is 1. The fraction of sp³-hybridized carbons (Fsp3) is 0.444. The Hall–Kier alpha value is -2.94. The topological polar surface area (TPSA) is 136 Å². The summed E-state index contributed by atoms with van der Waals surface area (Å²) in [6.07, 6.45) is 0.0725. The number of quaternary nitrogens is 1. The summed E-state index contributed by atoms with van der Waals surface area (Å²) in [6.45, 7) is 5.65. The molecule has 1 aromatic rings. The minimum atomic E-state index is -0.965. The van der Waals surface area contributed by atoms with E-state index in [4.69, 9.17) is 14.2 Å². The highest BCUT2D eigenvalue weighted by molar-refractivity contribution is 5.88. The van der Waals surface area contributed by atoms with Crippen LogP contribution in [0.4, 0.5) is 0 Å². The maximum absolute atomic E-state index is 12.2. The predicted molar refractivity (Wildman–Crippen MR) is 93.7 cm³/mol. The van der Waals surface area contributed by atoms with E-state index in [1.54, 1.807) is 19.9 Å². The lowest BCUT2D eigenvalue weighted by Gasteiger charge is -2.21. The van der Waals surface area contributed by atoms with Gasteiger partial charge in [0.1, 0.15) is 6.04 Å². The summed E-state index contributed by atoms with van der Waals surface area (Å²) in [6, 6.07) is 3.52. The lowest BCUT2D eigenvalue weighted by atomic mass is 10.0. The van der Waals surface area contributed by atoms with Crippen LogP contribution >= 0.6 is 0 Å². The van der Waals surface area contributed by atoms with E-state index in [9.17, 15) is 19.2 Å². The maximum Gasteiger partial charge on any atom is 0.328 e. The van der Waals surface area contributed by atoms with E-state index in [2.05, 4.69) is 11.1 Å². The molecule has 0 aliphatic carbocycles. The van der Waals surface area contributed by atoms with E-state index < -0.39 is 35.4 Å². The second-order valence-electron chi connectivity index (χ2n) is 6.61. The van der Waals surface area contributed by atoms with Gasteiger partial charge in [-0.1, -0.05) is 6.07 Å². The molecule has 148 valence electrons. The number of carbonyl (C=O) groups is 4. The van der Waals surface area contributed by atoms with Crippen LogP contribution < -0.4 is 20.5 Å². The van der Waals surface area contributed by atoms with Gasteiger partial charge in [-0.3, -0.25) is 14.4 Å². The Morgan fingerprint density at radius 3 is 2.11 bits per heavy atom. The smallest absolute Gasteiger partial charge is 0.328 e. The second kappa shape index (κ2) is 9.13. The lowest BCUT2D eigenvalue weighted by molar-refractivity contribution is -0.446. The van der Waals surface area contributed by atoms with Crippen LogP contribution in [-0.2, 0) is 30.3 Å². The Balaban J connectivity index is 3.13. The highest BCUT2D eigenvalue weighted by atomic mass is 16.6. The average Bonchev–Trinajstić information content (AvgIpc) is 2.53. The van der Waals surface area contributed by atoms with Crippen LogP contribution in [0.1, 0.15) is 33.3 Å². The third-order valence-corrected chi connectivity index (χ3v) is 3.36. The van der Waals surface area contributed by atoms with Crippen molar-refractivity contribution < 1.29 is 39.1 Å². The molecule has 1 atom stereocenters. The van der Waals surface area contributed by atoms with Crippen molar-refractivity contribution in [1.29, 1.82) is 0 Å². The normalized spacial score (nSPS) is 11.9. The minimum Gasteiger partial charge on any atom is -0.467 e. The summed E-state index contributed by atoms with van der Waals surface area (Å²) in [5.74, 6) is -2.13. The molecule has 0 radical (unpaired) electrons. The van der Waals surface area contributed by atoms with E-state index in [0.29, 0.717) is 5.56 Å². The highest BCUT2D eigenvalue weighted by Gasteiger charge is 2.31. The molecule has 1 aromatic carbocycles. The Kier molecular flexibility index (Phi) is 7.47. The highest BCUT2D eigenvalue weighted by Crippen LogP contribution is 2.29. The molecule has 0 unspecified atom stereocenters. The summed E-state index contributed by atoms with van der Waals surface area (Å²) in [4.78, 5) is 46.7. The summed E-state index contributed by atoms with van der Waals surface area (Å²) in [5, 5.41) is 2.59. The molecule has 0 aromatic heterocycles. The number of amides is 1. The molecular formula is C18H25N2O7+. The molecule has 0 aliphatic heterocycles. The third-order valence-electron chi connectivity index (χ3n) is 3.36. The zero-order valence-electron chi connectivity index (χ0n) is 16.1. The van der Waals surface area contributed by atoms with Gasteiger partial charge in [0, 0.05) is 20.3 Å². The second-order valence-corrected chi connectivity index (χ2v) is 6.61. The fourth-order valence-corrected chi connectivity index (χ4v) is 2.08.